The van der Waals surface area contributed by atoms with E-state index in [9.17, 15) is 14.4 Å². The SMILES string of the molecule is CN(CC(=O)NC(C)(C)C)CC(=O)N1CCNC1=O. The number of imide groups is 1. The lowest BCUT2D eigenvalue weighted by atomic mass is 10.1. The number of rotatable bonds is 4. The van der Waals surface area contributed by atoms with Gasteiger partial charge in [0.2, 0.25) is 11.8 Å². The summed E-state index contributed by atoms with van der Waals surface area (Å²) in [7, 11) is 1.67. The first-order chi connectivity index (χ1) is 8.69. The minimum absolute atomic E-state index is 0.0466. The van der Waals surface area contributed by atoms with Gasteiger partial charge in [0, 0.05) is 18.6 Å². The largest absolute Gasteiger partial charge is 0.350 e. The van der Waals surface area contributed by atoms with Crippen molar-refractivity contribution < 1.29 is 14.4 Å². The van der Waals surface area contributed by atoms with Gasteiger partial charge >= 0.3 is 6.03 Å². The number of amides is 4. The third-order valence-corrected chi connectivity index (χ3v) is 2.49. The van der Waals surface area contributed by atoms with Crippen LogP contribution >= 0.6 is 0 Å². The van der Waals surface area contributed by atoms with Gasteiger partial charge in [-0.15, -0.1) is 0 Å². The third kappa shape index (κ3) is 5.25. The van der Waals surface area contributed by atoms with E-state index in [1.807, 2.05) is 20.8 Å². The highest BCUT2D eigenvalue weighted by Gasteiger charge is 2.27. The molecule has 1 aliphatic heterocycles. The number of nitrogens with zero attached hydrogens (tertiary/aromatic N) is 2. The van der Waals surface area contributed by atoms with Crippen molar-refractivity contribution in [3.05, 3.63) is 0 Å². The Balaban J connectivity index is 2.38. The van der Waals surface area contributed by atoms with Gasteiger partial charge in [-0.2, -0.15) is 0 Å². The number of carbonyl (C=O) groups is 3. The van der Waals surface area contributed by atoms with Crippen molar-refractivity contribution >= 4 is 17.8 Å². The minimum Gasteiger partial charge on any atom is -0.350 e. The third-order valence-electron chi connectivity index (χ3n) is 2.49. The molecule has 7 heteroatoms. The van der Waals surface area contributed by atoms with Crippen molar-refractivity contribution in [2.75, 3.05) is 33.2 Å². The first kappa shape index (κ1) is 15.4. The highest BCUT2D eigenvalue weighted by Crippen LogP contribution is 2.00. The standard InChI is InChI=1S/C12H22N4O3/c1-12(2,3)14-9(17)7-15(4)8-10(18)16-6-5-13-11(16)19/h5-8H2,1-4H3,(H,13,19)(H,14,17). The summed E-state index contributed by atoms with van der Waals surface area (Å²) >= 11 is 0. The van der Waals surface area contributed by atoms with Crippen molar-refractivity contribution in [3.8, 4) is 0 Å². The fraction of sp³-hybridized carbons (Fsp3) is 0.750. The van der Waals surface area contributed by atoms with Crippen LogP contribution in [0, 0.1) is 0 Å². The Kier molecular flexibility index (Phi) is 4.88. The normalized spacial score (nSPS) is 15.6. The summed E-state index contributed by atoms with van der Waals surface area (Å²) in [6, 6.07) is -0.363. The Morgan fingerprint density at radius 3 is 2.47 bits per heavy atom. The lowest BCUT2D eigenvalue weighted by Crippen LogP contribution is -2.47. The van der Waals surface area contributed by atoms with Crippen molar-refractivity contribution in [3.63, 3.8) is 0 Å². The van der Waals surface area contributed by atoms with E-state index in [0.717, 1.165) is 4.90 Å². The van der Waals surface area contributed by atoms with Crippen LogP contribution in [0.25, 0.3) is 0 Å². The van der Waals surface area contributed by atoms with Crippen LogP contribution in [0.15, 0.2) is 0 Å². The number of nitrogens with one attached hydrogen (secondary N) is 2. The van der Waals surface area contributed by atoms with E-state index in [0.29, 0.717) is 13.1 Å². The highest BCUT2D eigenvalue weighted by molar-refractivity contribution is 5.96. The summed E-state index contributed by atoms with van der Waals surface area (Å²) in [4.78, 5) is 37.6. The number of hydrogen-bond donors (Lipinski definition) is 2. The van der Waals surface area contributed by atoms with Crippen LogP contribution < -0.4 is 10.6 Å². The quantitative estimate of drug-likeness (QED) is 0.713. The smallest absolute Gasteiger partial charge is 0.324 e. The molecular weight excluding hydrogens is 248 g/mol. The first-order valence-electron chi connectivity index (χ1n) is 6.27. The predicted octanol–water partition coefficient (Wildman–Crippen LogP) is -0.615. The van der Waals surface area contributed by atoms with E-state index in [4.69, 9.17) is 0 Å². The molecule has 7 nitrogen and oxygen atoms in total. The molecule has 1 saturated heterocycles. The van der Waals surface area contributed by atoms with Gasteiger partial charge in [-0.25, -0.2) is 4.79 Å². The highest BCUT2D eigenvalue weighted by atomic mass is 16.2. The van der Waals surface area contributed by atoms with Crippen LogP contribution in [0.3, 0.4) is 0 Å². The number of likely N-dealkylation sites (N-methyl/N-ethyl adjacent to an activating group) is 1. The average Bonchev–Trinajstić information content (AvgIpc) is 2.60. The second kappa shape index (κ2) is 6.01. The maximum absolute atomic E-state index is 11.8. The maximum atomic E-state index is 11.8. The monoisotopic (exact) mass is 270 g/mol. The van der Waals surface area contributed by atoms with E-state index in [1.54, 1.807) is 11.9 Å². The van der Waals surface area contributed by atoms with E-state index in [2.05, 4.69) is 10.6 Å². The van der Waals surface area contributed by atoms with Gasteiger partial charge < -0.3 is 10.6 Å². The molecule has 1 heterocycles. The number of urea groups is 1. The summed E-state index contributed by atoms with van der Waals surface area (Å²) in [5.74, 6) is -0.435. The van der Waals surface area contributed by atoms with E-state index in [-0.39, 0.29) is 36.5 Å². The van der Waals surface area contributed by atoms with Crippen molar-refractivity contribution in [2.45, 2.75) is 26.3 Å². The molecule has 1 rings (SSSR count). The van der Waals surface area contributed by atoms with E-state index < -0.39 is 0 Å². The summed E-state index contributed by atoms with van der Waals surface area (Å²) in [5, 5.41) is 5.38. The number of carbonyl (C=O) groups excluding carboxylic acids is 3. The first-order valence-corrected chi connectivity index (χ1v) is 6.27. The molecular formula is C12H22N4O3. The molecule has 0 unspecified atom stereocenters. The van der Waals surface area contributed by atoms with Crippen LogP contribution in [-0.4, -0.2) is 66.4 Å². The molecule has 1 fully saturated rings. The zero-order valence-corrected chi connectivity index (χ0v) is 11.9. The van der Waals surface area contributed by atoms with Gasteiger partial charge in [0.25, 0.3) is 0 Å². The van der Waals surface area contributed by atoms with Crippen LogP contribution in [0.5, 0.6) is 0 Å². The molecule has 2 N–H and O–H groups in total. The molecule has 4 amide bonds. The van der Waals surface area contributed by atoms with Crippen molar-refractivity contribution in [1.29, 1.82) is 0 Å². The Labute approximate surface area is 113 Å². The van der Waals surface area contributed by atoms with Crippen LogP contribution in [-0.2, 0) is 9.59 Å². The molecule has 0 spiro atoms. The lowest BCUT2D eigenvalue weighted by molar-refractivity contribution is -0.129. The van der Waals surface area contributed by atoms with Gasteiger partial charge in [-0.3, -0.25) is 19.4 Å². The average molecular weight is 270 g/mol. The van der Waals surface area contributed by atoms with Crippen LogP contribution in [0.1, 0.15) is 20.8 Å². The van der Waals surface area contributed by atoms with Crippen LogP contribution in [0.2, 0.25) is 0 Å². The molecule has 0 aromatic heterocycles. The topological polar surface area (TPSA) is 81.8 Å². The zero-order valence-electron chi connectivity index (χ0n) is 11.9. The summed E-state index contributed by atoms with van der Waals surface area (Å²) in [5.41, 5.74) is -0.295. The minimum atomic E-state index is -0.363. The van der Waals surface area contributed by atoms with Gasteiger partial charge in [0.05, 0.1) is 13.1 Å². The molecule has 108 valence electrons. The Hall–Kier alpha value is -1.63. The molecule has 0 aromatic carbocycles. The summed E-state index contributed by atoms with van der Waals surface area (Å²) < 4.78 is 0. The molecule has 0 atom stereocenters. The number of hydrogen-bond acceptors (Lipinski definition) is 4. The molecule has 0 radical (unpaired) electrons. The second-order valence-corrected chi connectivity index (χ2v) is 5.75. The lowest BCUT2D eigenvalue weighted by Gasteiger charge is -2.23. The molecule has 0 aromatic rings. The van der Waals surface area contributed by atoms with Crippen LogP contribution in [0.4, 0.5) is 4.79 Å². The van der Waals surface area contributed by atoms with Gasteiger partial charge in [-0.05, 0) is 27.8 Å². The predicted molar refractivity (Wildman–Crippen MR) is 70.5 cm³/mol. The van der Waals surface area contributed by atoms with E-state index in [1.165, 1.54) is 0 Å². The Morgan fingerprint density at radius 1 is 1.37 bits per heavy atom. The Bertz CT molecular complexity index is 376. The molecule has 0 saturated carbocycles. The maximum Gasteiger partial charge on any atom is 0.324 e. The van der Waals surface area contributed by atoms with Gasteiger partial charge in [-0.1, -0.05) is 0 Å². The molecule has 1 aliphatic rings. The Morgan fingerprint density at radius 2 is 2.00 bits per heavy atom. The van der Waals surface area contributed by atoms with E-state index >= 15 is 0 Å². The molecule has 0 aliphatic carbocycles. The van der Waals surface area contributed by atoms with Gasteiger partial charge in [0.15, 0.2) is 0 Å². The van der Waals surface area contributed by atoms with Crippen molar-refractivity contribution in [2.24, 2.45) is 0 Å². The fourth-order valence-corrected chi connectivity index (χ4v) is 1.78. The summed E-state index contributed by atoms with van der Waals surface area (Å²) in [6.07, 6.45) is 0. The second-order valence-electron chi connectivity index (χ2n) is 5.75. The zero-order chi connectivity index (χ0) is 14.6. The molecule has 19 heavy (non-hydrogen) atoms. The van der Waals surface area contributed by atoms with Crippen molar-refractivity contribution in [1.82, 2.24) is 20.4 Å². The molecule has 0 bridgehead atoms. The van der Waals surface area contributed by atoms with Gasteiger partial charge in [0.1, 0.15) is 0 Å². The summed E-state index contributed by atoms with van der Waals surface area (Å²) in [6.45, 7) is 6.72. The fourth-order valence-electron chi connectivity index (χ4n) is 1.78.